The Morgan fingerprint density at radius 1 is 1.32 bits per heavy atom. The number of hydrogen-bond donors (Lipinski definition) is 1. The molecule has 0 atom stereocenters. The second-order valence-electron chi connectivity index (χ2n) is 3.46. The van der Waals surface area contributed by atoms with Crippen LogP contribution in [0.2, 0.25) is 0 Å². The van der Waals surface area contributed by atoms with Crippen LogP contribution in [-0.4, -0.2) is 41.3 Å². The van der Waals surface area contributed by atoms with Crippen LogP contribution < -0.4 is 0 Å². The van der Waals surface area contributed by atoms with Gasteiger partial charge in [-0.25, -0.2) is 9.78 Å². The van der Waals surface area contributed by atoms with E-state index in [1.807, 2.05) is 0 Å². The first-order valence-electron chi connectivity index (χ1n) is 5.15. The van der Waals surface area contributed by atoms with E-state index in [4.69, 9.17) is 5.11 Å². The van der Waals surface area contributed by atoms with Gasteiger partial charge in [-0.3, -0.25) is 0 Å². The summed E-state index contributed by atoms with van der Waals surface area (Å²) < 4.78 is 1.27. The van der Waals surface area contributed by atoms with Crippen LogP contribution in [0.15, 0.2) is 40.5 Å². The Kier molecular flexibility index (Phi) is 2.80. The first-order chi connectivity index (χ1) is 9.24. The largest absolute Gasteiger partial charge is 0.478 e. The van der Waals surface area contributed by atoms with Gasteiger partial charge in [0.1, 0.15) is 10.1 Å². The van der Waals surface area contributed by atoms with Gasteiger partial charge in [0, 0.05) is 6.20 Å². The Labute approximate surface area is 110 Å². The van der Waals surface area contributed by atoms with Gasteiger partial charge in [0.15, 0.2) is 5.65 Å². The van der Waals surface area contributed by atoms with Crippen LogP contribution >= 0.6 is 11.8 Å². The summed E-state index contributed by atoms with van der Waals surface area (Å²) >= 11 is 1.14. The maximum atomic E-state index is 11.1. The topological polar surface area (TPSA) is 106 Å². The summed E-state index contributed by atoms with van der Waals surface area (Å²) in [6, 6.07) is 6.47. The number of nitrogens with zero attached hydrogens (tertiary/aromatic N) is 6. The number of hydrogen-bond acceptors (Lipinski definition) is 7. The van der Waals surface area contributed by atoms with Crippen molar-refractivity contribution in [3.63, 3.8) is 0 Å². The number of fused-ring (bicyclic) bond motifs is 1. The van der Waals surface area contributed by atoms with Crippen LogP contribution in [0.4, 0.5) is 0 Å². The van der Waals surface area contributed by atoms with Crippen LogP contribution in [0.3, 0.4) is 0 Å². The van der Waals surface area contributed by atoms with Crippen LogP contribution in [0.25, 0.3) is 5.65 Å². The van der Waals surface area contributed by atoms with Crippen molar-refractivity contribution in [2.24, 2.45) is 0 Å². The predicted molar refractivity (Wildman–Crippen MR) is 63.9 cm³/mol. The summed E-state index contributed by atoms with van der Waals surface area (Å²) in [6.45, 7) is 0. The number of carbonyl (C=O) groups is 1. The zero-order valence-electron chi connectivity index (χ0n) is 9.33. The molecule has 1 N–H and O–H groups in total. The highest BCUT2D eigenvalue weighted by Crippen LogP contribution is 2.26. The Hall–Kier alpha value is -2.55. The van der Waals surface area contributed by atoms with Crippen LogP contribution in [0.1, 0.15) is 10.4 Å². The van der Waals surface area contributed by atoms with E-state index in [-0.39, 0.29) is 5.56 Å². The van der Waals surface area contributed by atoms with Crippen molar-refractivity contribution in [1.82, 2.24) is 30.2 Å². The van der Waals surface area contributed by atoms with Crippen molar-refractivity contribution >= 4 is 23.4 Å². The highest BCUT2D eigenvalue weighted by Gasteiger charge is 2.13. The molecule has 0 fully saturated rings. The molecule has 0 aromatic carbocycles. The lowest BCUT2D eigenvalue weighted by Crippen LogP contribution is -2.01. The number of aromatic nitrogens is 6. The van der Waals surface area contributed by atoms with Gasteiger partial charge in [-0.15, -0.1) is 14.8 Å². The van der Waals surface area contributed by atoms with Crippen molar-refractivity contribution in [1.29, 1.82) is 0 Å². The van der Waals surface area contributed by atoms with Gasteiger partial charge in [0.05, 0.1) is 5.56 Å². The SMILES string of the molecule is O=C(O)c1cccnc1Sc1ccc2nnnn2n1. The Morgan fingerprint density at radius 3 is 3.05 bits per heavy atom. The molecule has 3 aromatic rings. The highest BCUT2D eigenvalue weighted by molar-refractivity contribution is 7.99. The fourth-order valence-electron chi connectivity index (χ4n) is 1.42. The molecule has 0 amide bonds. The quantitative estimate of drug-likeness (QED) is 0.746. The minimum absolute atomic E-state index is 0.131. The molecule has 19 heavy (non-hydrogen) atoms. The van der Waals surface area contributed by atoms with Crippen LogP contribution in [0, 0.1) is 0 Å². The molecule has 0 aliphatic rings. The second-order valence-corrected chi connectivity index (χ2v) is 4.47. The number of rotatable bonds is 3. The third kappa shape index (κ3) is 2.22. The van der Waals surface area contributed by atoms with E-state index in [1.165, 1.54) is 16.9 Å². The van der Waals surface area contributed by atoms with Crippen molar-refractivity contribution in [2.75, 3.05) is 0 Å². The number of carboxylic acids is 1. The van der Waals surface area contributed by atoms with Gasteiger partial charge in [0.25, 0.3) is 0 Å². The van der Waals surface area contributed by atoms with Gasteiger partial charge in [-0.1, -0.05) is 0 Å². The summed E-state index contributed by atoms with van der Waals surface area (Å²) in [4.78, 5) is 15.1. The van der Waals surface area contributed by atoms with E-state index in [9.17, 15) is 4.79 Å². The summed E-state index contributed by atoms with van der Waals surface area (Å²) in [7, 11) is 0. The third-order valence-corrected chi connectivity index (χ3v) is 3.19. The van der Waals surface area contributed by atoms with Crippen LogP contribution in [0.5, 0.6) is 0 Å². The van der Waals surface area contributed by atoms with Gasteiger partial charge in [-0.2, -0.15) is 0 Å². The second kappa shape index (κ2) is 4.61. The van der Waals surface area contributed by atoms with E-state index in [2.05, 4.69) is 25.6 Å². The van der Waals surface area contributed by atoms with Gasteiger partial charge < -0.3 is 5.11 Å². The van der Waals surface area contributed by atoms with Crippen molar-refractivity contribution in [2.45, 2.75) is 10.1 Å². The minimum Gasteiger partial charge on any atom is -0.478 e. The van der Waals surface area contributed by atoms with Gasteiger partial charge >= 0.3 is 5.97 Å². The van der Waals surface area contributed by atoms with Gasteiger partial charge in [-0.05, 0) is 46.5 Å². The lowest BCUT2D eigenvalue weighted by Gasteiger charge is -2.03. The molecular formula is C10H6N6O2S. The Balaban J connectivity index is 1.98. The summed E-state index contributed by atoms with van der Waals surface area (Å²) in [6.07, 6.45) is 1.53. The minimum atomic E-state index is -1.03. The first kappa shape index (κ1) is 11.5. The molecule has 0 aliphatic carbocycles. The summed E-state index contributed by atoms with van der Waals surface area (Å²) in [5.74, 6) is -1.03. The fourth-order valence-corrected chi connectivity index (χ4v) is 2.25. The number of carboxylic acid groups (broad SMARTS) is 1. The molecule has 0 aliphatic heterocycles. The molecular weight excluding hydrogens is 268 g/mol. The van der Waals surface area contributed by atoms with Gasteiger partial charge in [0.2, 0.25) is 0 Å². The molecule has 3 rings (SSSR count). The number of tetrazole rings is 1. The molecule has 0 bridgehead atoms. The normalized spacial score (nSPS) is 10.7. The third-order valence-electron chi connectivity index (χ3n) is 2.25. The average molecular weight is 274 g/mol. The van der Waals surface area contributed by atoms with E-state index in [0.717, 1.165) is 11.8 Å². The fraction of sp³-hybridized carbons (Fsp3) is 0. The van der Waals surface area contributed by atoms with E-state index >= 15 is 0 Å². The smallest absolute Gasteiger partial charge is 0.338 e. The Morgan fingerprint density at radius 2 is 2.21 bits per heavy atom. The van der Waals surface area contributed by atoms with E-state index < -0.39 is 5.97 Å². The summed E-state index contributed by atoms with van der Waals surface area (Å²) in [5.41, 5.74) is 0.648. The number of pyridine rings is 1. The van der Waals surface area contributed by atoms with Crippen molar-refractivity contribution in [3.8, 4) is 0 Å². The highest BCUT2D eigenvalue weighted by atomic mass is 32.2. The standard InChI is InChI=1S/C10H6N6O2S/c17-10(18)6-2-1-5-11-9(6)19-8-4-3-7-12-14-15-16(7)13-8/h1-5H,(H,17,18). The zero-order valence-corrected chi connectivity index (χ0v) is 10.2. The molecule has 0 radical (unpaired) electrons. The van der Waals surface area contributed by atoms with Crippen molar-refractivity contribution < 1.29 is 9.90 Å². The Bertz CT molecular complexity index is 758. The lowest BCUT2D eigenvalue weighted by atomic mass is 10.3. The van der Waals surface area contributed by atoms with Crippen LogP contribution in [-0.2, 0) is 0 Å². The van der Waals surface area contributed by atoms with Crippen molar-refractivity contribution in [3.05, 3.63) is 36.0 Å². The molecule has 3 heterocycles. The lowest BCUT2D eigenvalue weighted by molar-refractivity contribution is 0.0692. The molecule has 9 heteroatoms. The molecule has 8 nitrogen and oxygen atoms in total. The van der Waals surface area contributed by atoms with E-state index in [1.54, 1.807) is 18.2 Å². The zero-order chi connectivity index (χ0) is 13.2. The summed E-state index contributed by atoms with van der Waals surface area (Å²) in [5, 5.41) is 25.0. The maximum Gasteiger partial charge on any atom is 0.338 e. The molecule has 0 saturated carbocycles. The first-order valence-corrected chi connectivity index (χ1v) is 5.97. The van der Waals surface area contributed by atoms with E-state index in [0.29, 0.717) is 15.7 Å². The maximum absolute atomic E-state index is 11.1. The predicted octanol–water partition coefficient (Wildman–Crippen LogP) is 0.764. The monoisotopic (exact) mass is 274 g/mol. The number of aromatic carboxylic acids is 1. The molecule has 0 unspecified atom stereocenters. The molecule has 0 saturated heterocycles. The average Bonchev–Trinajstić information content (AvgIpc) is 2.86. The molecule has 0 spiro atoms. The molecule has 94 valence electrons. The molecule has 3 aromatic heterocycles.